The summed E-state index contributed by atoms with van der Waals surface area (Å²) in [5.74, 6) is 1.73. The first kappa shape index (κ1) is 16.1. The number of piperidine rings is 1. The third-order valence-corrected chi connectivity index (χ3v) is 4.31. The third-order valence-electron chi connectivity index (χ3n) is 3.67. The second kappa shape index (κ2) is 8.24. The van der Waals surface area contributed by atoms with E-state index in [9.17, 15) is 4.79 Å². The van der Waals surface area contributed by atoms with Crippen molar-refractivity contribution in [3.63, 3.8) is 0 Å². The van der Waals surface area contributed by atoms with Crippen LogP contribution >= 0.6 is 11.8 Å². The monoisotopic (exact) mass is 308 g/mol. The Labute approximate surface area is 130 Å². The maximum Gasteiger partial charge on any atom is 0.241 e. The van der Waals surface area contributed by atoms with Crippen molar-refractivity contribution in [1.82, 2.24) is 4.98 Å². The van der Waals surface area contributed by atoms with Gasteiger partial charge in [-0.15, -0.1) is 0 Å². The number of carbonyl (C=O) groups excluding carboxylic acids is 1. The van der Waals surface area contributed by atoms with Crippen LogP contribution in [0.5, 0.6) is 0 Å². The van der Waals surface area contributed by atoms with E-state index in [1.165, 1.54) is 19.3 Å². The van der Waals surface area contributed by atoms with Gasteiger partial charge in [0.05, 0.1) is 17.9 Å². The van der Waals surface area contributed by atoms with Crippen molar-refractivity contribution in [2.24, 2.45) is 5.73 Å². The quantitative estimate of drug-likeness (QED) is 0.842. The Balaban J connectivity index is 1.88. The van der Waals surface area contributed by atoms with Crippen molar-refractivity contribution in [3.05, 3.63) is 18.3 Å². The molecule has 1 amide bonds. The predicted octanol–water partition coefficient (Wildman–Crippen LogP) is 2.09. The van der Waals surface area contributed by atoms with Crippen LogP contribution in [0.2, 0.25) is 0 Å². The minimum atomic E-state index is -0.459. The summed E-state index contributed by atoms with van der Waals surface area (Å²) in [4.78, 5) is 18.7. The fraction of sp³-hybridized carbons (Fsp3) is 0.600. The van der Waals surface area contributed by atoms with E-state index in [-0.39, 0.29) is 5.91 Å². The van der Waals surface area contributed by atoms with Crippen LogP contribution < -0.4 is 16.0 Å². The summed E-state index contributed by atoms with van der Waals surface area (Å²) in [7, 11) is 0. The molecule has 116 valence electrons. The average molecular weight is 308 g/mol. The van der Waals surface area contributed by atoms with Crippen LogP contribution in [0, 0.1) is 0 Å². The zero-order chi connectivity index (χ0) is 15.1. The lowest BCUT2D eigenvalue weighted by Gasteiger charge is -2.27. The highest BCUT2D eigenvalue weighted by Gasteiger charge is 2.14. The number of nitrogens with zero attached hydrogens (tertiary/aromatic N) is 2. The van der Waals surface area contributed by atoms with Gasteiger partial charge < -0.3 is 16.0 Å². The van der Waals surface area contributed by atoms with E-state index in [0.717, 1.165) is 24.7 Å². The molecule has 1 aliphatic heterocycles. The Morgan fingerprint density at radius 1 is 1.43 bits per heavy atom. The minimum Gasteiger partial charge on any atom is -0.357 e. The molecule has 3 N–H and O–H groups in total. The van der Waals surface area contributed by atoms with Crippen LogP contribution in [-0.2, 0) is 4.79 Å². The number of nitrogens with two attached hydrogens (primary N) is 1. The number of aromatic nitrogens is 1. The number of hydrogen-bond acceptors (Lipinski definition) is 5. The van der Waals surface area contributed by atoms with Crippen LogP contribution in [0.15, 0.2) is 18.3 Å². The van der Waals surface area contributed by atoms with Crippen LogP contribution in [-0.4, -0.2) is 42.0 Å². The SMILES string of the molecule is CSCC[C@H](N)C(=O)Nc1ccc(N2CCCCC2)nc1. The zero-order valence-electron chi connectivity index (χ0n) is 12.5. The van der Waals surface area contributed by atoms with E-state index in [4.69, 9.17) is 5.73 Å². The van der Waals surface area contributed by atoms with E-state index in [2.05, 4.69) is 15.2 Å². The van der Waals surface area contributed by atoms with Crippen LogP contribution in [0.4, 0.5) is 11.5 Å². The normalized spacial score (nSPS) is 16.6. The number of carbonyl (C=O) groups is 1. The van der Waals surface area contributed by atoms with Gasteiger partial charge in [0.25, 0.3) is 0 Å². The lowest BCUT2D eigenvalue weighted by atomic mass is 10.1. The summed E-state index contributed by atoms with van der Waals surface area (Å²) >= 11 is 1.69. The second-order valence-electron chi connectivity index (χ2n) is 5.33. The van der Waals surface area contributed by atoms with Crippen molar-refractivity contribution >= 4 is 29.2 Å². The largest absolute Gasteiger partial charge is 0.357 e. The number of hydrogen-bond donors (Lipinski definition) is 2. The Kier molecular flexibility index (Phi) is 6.32. The molecular formula is C15H24N4OS. The number of rotatable bonds is 6. The van der Waals surface area contributed by atoms with E-state index in [1.807, 2.05) is 18.4 Å². The first-order valence-electron chi connectivity index (χ1n) is 7.47. The molecule has 0 unspecified atom stereocenters. The Bertz CT molecular complexity index is 445. The first-order chi connectivity index (χ1) is 10.2. The van der Waals surface area contributed by atoms with Crippen molar-refractivity contribution in [1.29, 1.82) is 0 Å². The van der Waals surface area contributed by atoms with Crippen molar-refractivity contribution in [2.45, 2.75) is 31.7 Å². The topological polar surface area (TPSA) is 71.2 Å². The average Bonchev–Trinajstić information content (AvgIpc) is 2.54. The molecule has 0 aromatic carbocycles. The maximum atomic E-state index is 11.9. The van der Waals surface area contributed by atoms with E-state index >= 15 is 0 Å². The Morgan fingerprint density at radius 2 is 2.19 bits per heavy atom. The highest BCUT2D eigenvalue weighted by molar-refractivity contribution is 7.98. The summed E-state index contributed by atoms with van der Waals surface area (Å²) < 4.78 is 0. The van der Waals surface area contributed by atoms with Gasteiger partial charge in [0, 0.05) is 13.1 Å². The van der Waals surface area contributed by atoms with Gasteiger partial charge in [-0.1, -0.05) is 0 Å². The van der Waals surface area contributed by atoms with Gasteiger partial charge in [-0.2, -0.15) is 11.8 Å². The zero-order valence-corrected chi connectivity index (χ0v) is 13.4. The molecule has 2 rings (SSSR count). The molecule has 1 saturated heterocycles. The van der Waals surface area contributed by atoms with Crippen molar-refractivity contribution in [3.8, 4) is 0 Å². The van der Waals surface area contributed by atoms with Crippen LogP contribution in [0.1, 0.15) is 25.7 Å². The number of amides is 1. The molecular weight excluding hydrogens is 284 g/mol. The summed E-state index contributed by atoms with van der Waals surface area (Å²) in [5.41, 5.74) is 6.55. The van der Waals surface area contributed by atoms with Gasteiger partial charge in [0.1, 0.15) is 5.82 Å². The predicted molar refractivity (Wildman–Crippen MR) is 89.9 cm³/mol. The van der Waals surface area contributed by atoms with E-state index in [1.54, 1.807) is 18.0 Å². The summed E-state index contributed by atoms with van der Waals surface area (Å²) in [6, 6.07) is 3.41. The van der Waals surface area contributed by atoms with Gasteiger partial charge in [-0.25, -0.2) is 4.98 Å². The van der Waals surface area contributed by atoms with Crippen molar-refractivity contribution < 1.29 is 4.79 Å². The van der Waals surface area contributed by atoms with Crippen LogP contribution in [0.25, 0.3) is 0 Å². The summed E-state index contributed by atoms with van der Waals surface area (Å²) in [5, 5.41) is 2.83. The van der Waals surface area contributed by atoms with E-state index < -0.39 is 6.04 Å². The molecule has 5 nitrogen and oxygen atoms in total. The standard InChI is InChI=1S/C15H24N4OS/c1-21-10-7-13(16)15(20)18-12-5-6-14(17-11-12)19-8-3-2-4-9-19/h5-6,11,13H,2-4,7-10,16H2,1H3,(H,18,20)/t13-/m0/s1. The van der Waals surface area contributed by atoms with E-state index in [0.29, 0.717) is 12.1 Å². The van der Waals surface area contributed by atoms with Gasteiger partial charge in [0.2, 0.25) is 5.91 Å². The molecule has 21 heavy (non-hydrogen) atoms. The number of nitrogens with one attached hydrogen (secondary N) is 1. The van der Waals surface area contributed by atoms with Gasteiger partial charge in [-0.05, 0) is 49.8 Å². The molecule has 0 bridgehead atoms. The lowest BCUT2D eigenvalue weighted by Crippen LogP contribution is -2.36. The fourth-order valence-electron chi connectivity index (χ4n) is 2.38. The number of anilines is 2. The molecule has 0 aliphatic carbocycles. The number of thioether (sulfide) groups is 1. The molecule has 1 aromatic heterocycles. The van der Waals surface area contributed by atoms with Gasteiger partial charge >= 0.3 is 0 Å². The molecule has 1 aliphatic rings. The molecule has 1 fully saturated rings. The summed E-state index contributed by atoms with van der Waals surface area (Å²) in [6.45, 7) is 2.14. The molecule has 6 heteroatoms. The van der Waals surface area contributed by atoms with Crippen LogP contribution in [0.3, 0.4) is 0 Å². The molecule has 1 aromatic rings. The van der Waals surface area contributed by atoms with Gasteiger partial charge in [0.15, 0.2) is 0 Å². The smallest absolute Gasteiger partial charge is 0.241 e. The minimum absolute atomic E-state index is 0.142. The molecule has 0 saturated carbocycles. The molecule has 0 spiro atoms. The Hall–Kier alpha value is -1.27. The highest BCUT2D eigenvalue weighted by Crippen LogP contribution is 2.19. The Morgan fingerprint density at radius 3 is 2.81 bits per heavy atom. The first-order valence-corrected chi connectivity index (χ1v) is 8.86. The molecule has 0 radical (unpaired) electrons. The van der Waals surface area contributed by atoms with Crippen molar-refractivity contribution in [2.75, 3.05) is 35.3 Å². The fourth-order valence-corrected chi connectivity index (χ4v) is 2.87. The second-order valence-corrected chi connectivity index (χ2v) is 6.32. The molecule has 1 atom stereocenters. The highest BCUT2D eigenvalue weighted by atomic mass is 32.2. The maximum absolute atomic E-state index is 11.9. The number of pyridine rings is 1. The third kappa shape index (κ3) is 4.89. The summed E-state index contributed by atoms with van der Waals surface area (Å²) in [6.07, 6.45) is 8.16. The van der Waals surface area contributed by atoms with Gasteiger partial charge in [-0.3, -0.25) is 4.79 Å². The molecule has 2 heterocycles. The lowest BCUT2D eigenvalue weighted by molar-refractivity contribution is -0.117.